The van der Waals surface area contributed by atoms with Crippen molar-refractivity contribution < 1.29 is 4.74 Å². The summed E-state index contributed by atoms with van der Waals surface area (Å²) in [4.78, 5) is 7.96. The van der Waals surface area contributed by atoms with E-state index < -0.39 is 0 Å². The molecule has 13 heavy (non-hydrogen) atoms. The Bertz CT molecular complexity index is 210. The predicted molar refractivity (Wildman–Crippen MR) is 55.3 cm³/mol. The number of aromatic nitrogens is 2. The van der Waals surface area contributed by atoms with Crippen LogP contribution in [0.4, 0.5) is 0 Å². The largest absolute Gasteiger partial charge is 0.383 e. The second-order valence-electron chi connectivity index (χ2n) is 2.17. The minimum absolute atomic E-state index is 0. The van der Waals surface area contributed by atoms with Crippen molar-refractivity contribution in [2.45, 2.75) is 6.04 Å². The van der Waals surface area contributed by atoms with E-state index in [1.165, 1.54) is 0 Å². The lowest BCUT2D eigenvalue weighted by Crippen LogP contribution is -2.18. The topological polar surface area (TPSA) is 61.0 Å². The molecule has 1 aromatic heterocycles. The molecule has 0 amide bonds. The lowest BCUT2D eigenvalue weighted by Gasteiger charge is -2.06. The molecule has 0 saturated heterocycles. The molecule has 0 bridgehead atoms. The van der Waals surface area contributed by atoms with E-state index in [2.05, 4.69) is 9.97 Å². The van der Waals surface area contributed by atoms with Crippen LogP contribution in [-0.4, -0.2) is 23.7 Å². The van der Waals surface area contributed by atoms with Crippen molar-refractivity contribution in [3.8, 4) is 0 Å². The van der Waals surface area contributed by atoms with Gasteiger partial charge >= 0.3 is 0 Å². The smallest absolute Gasteiger partial charge is 0.147 e. The Kier molecular flexibility index (Phi) is 9.50. The molecule has 0 spiro atoms. The van der Waals surface area contributed by atoms with Gasteiger partial charge in [0.15, 0.2) is 0 Å². The summed E-state index contributed by atoms with van der Waals surface area (Å²) in [6, 6.07) is 1.53. The van der Waals surface area contributed by atoms with E-state index in [0.717, 1.165) is 0 Å². The number of methoxy groups -OCH3 is 1. The van der Waals surface area contributed by atoms with E-state index >= 15 is 0 Å². The van der Waals surface area contributed by atoms with Gasteiger partial charge < -0.3 is 10.5 Å². The quantitative estimate of drug-likeness (QED) is 0.834. The highest BCUT2D eigenvalue weighted by Gasteiger charge is 2.06. The van der Waals surface area contributed by atoms with Crippen LogP contribution in [0.2, 0.25) is 0 Å². The first-order valence-corrected chi connectivity index (χ1v) is 3.36. The fourth-order valence-electron chi connectivity index (χ4n) is 0.756. The van der Waals surface area contributed by atoms with Crippen molar-refractivity contribution in [1.29, 1.82) is 0 Å². The van der Waals surface area contributed by atoms with Gasteiger partial charge in [-0.15, -0.1) is 24.8 Å². The fourth-order valence-corrected chi connectivity index (χ4v) is 0.756. The van der Waals surface area contributed by atoms with Crippen LogP contribution >= 0.6 is 24.8 Å². The third-order valence-corrected chi connectivity index (χ3v) is 1.26. The first kappa shape index (κ1) is 15.1. The van der Waals surface area contributed by atoms with Crippen LogP contribution in [0.25, 0.3) is 0 Å². The van der Waals surface area contributed by atoms with Gasteiger partial charge in [-0.25, -0.2) is 9.97 Å². The number of hydrogen-bond acceptors (Lipinski definition) is 4. The van der Waals surface area contributed by atoms with E-state index in [9.17, 15) is 0 Å². The Morgan fingerprint density at radius 1 is 1.38 bits per heavy atom. The Morgan fingerprint density at radius 3 is 2.38 bits per heavy atom. The Balaban J connectivity index is 0. The Labute approximate surface area is 89.7 Å². The molecule has 4 nitrogen and oxygen atoms in total. The van der Waals surface area contributed by atoms with Crippen molar-refractivity contribution in [3.05, 3.63) is 24.3 Å². The molecule has 0 fully saturated rings. The SMILES string of the molecule is COCC(N)c1ncccn1.Cl.Cl. The van der Waals surface area contributed by atoms with E-state index in [4.69, 9.17) is 10.5 Å². The van der Waals surface area contributed by atoms with Crippen molar-refractivity contribution in [3.63, 3.8) is 0 Å². The maximum absolute atomic E-state index is 5.66. The van der Waals surface area contributed by atoms with Gasteiger partial charge in [0.2, 0.25) is 0 Å². The number of hydrogen-bond donors (Lipinski definition) is 1. The monoisotopic (exact) mass is 225 g/mol. The summed E-state index contributed by atoms with van der Waals surface area (Å²) in [5.74, 6) is 0.620. The molecule has 0 aliphatic carbocycles. The van der Waals surface area contributed by atoms with Gasteiger partial charge in [-0.05, 0) is 6.07 Å². The number of rotatable bonds is 3. The third-order valence-electron chi connectivity index (χ3n) is 1.26. The van der Waals surface area contributed by atoms with Crippen molar-refractivity contribution >= 4 is 24.8 Å². The van der Waals surface area contributed by atoms with Crippen molar-refractivity contribution in [1.82, 2.24) is 9.97 Å². The Hall–Kier alpha value is -0.420. The zero-order valence-electron chi connectivity index (χ0n) is 7.21. The van der Waals surface area contributed by atoms with Crippen LogP contribution in [0.5, 0.6) is 0 Å². The zero-order valence-corrected chi connectivity index (χ0v) is 8.85. The maximum Gasteiger partial charge on any atom is 0.147 e. The van der Waals surface area contributed by atoms with Gasteiger partial charge in [0.1, 0.15) is 5.82 Å². The molecule has 0 aromatic carbocycles. The van der Waals surface area contributed by atoms with Crippen LogP contribution in [0.3, 0.4) is 0 Å². The molecular formula is C7H13Cl2N3O. The molecule has 1 rings (SSSR count). The predicted octanol–water partition coefficient (Wildman–Crippen LogP) is 0.966. The lowest BCUT2D eigenvalue weighted by atomic mass is 10.3. The second kappa shape index (κ2) is 8.19. The average Bonchev–Trinajstić information content (AvgIpc) is 2.07. The van der Waals surface area contributed by atoms with Gasteiger partial charge in [-0.2, -0.15) is 0 Å². The van der Waals surface area contributed by atoms with E-state index in [-0.39, 0.29) is 30.9 Å². The maximum atomic E-state index is 5.66. The Morgan fingerprint density at radius 2 is 1.92 bits per heavy atom. The molecule has 1 heterocycles. The van der Waals surface area contributed by atoms with Crippen molar-refractivity contribution in [2.75, 3.05) is 13.7 Å². The summed E-state index contributed by atoms with van der Waals surface area (Å²) in [5, 5.41) is 0. The molecule has 1 unspecified atom stereocenters. The minimum Gasteiger partial charge on any atom is -0.383 e. The minimum atomic E-state index is -0.221. The number of halogens is 2. The summed E-state index contributed by atoms with van der Waals surface area (Å²) < 4.78 is 4.85. The zero-order chi connectivity index (χ0) is 8.10. The number of nitrogens with zero attached hydrogens (tertiary/aromatic N) is 2. The molecule has 0 aliphatic rings. The molecule has 0 aliphatic heterocycles. The van der Waals surface area contributed by atoms with Crippen LogP contribution < -0.4 is 5.73 Å². The molecule has 0 saturated carbocycles. The highest BCUT2D eigenvalue weighted by Crippen LogP contribution is 2.00. The molecular weight excluding hydrogens is 213 g/mol. The van der Waals surface area contributed by atoms with Crippen LogP contribution in [0.15, 0.2) is 18.5 Å². The fraction of sp³-hybridized carbons (Fsp3) is 0.429. The third kappa shape index (κ3) is 5.00. The first-order valence-electron chi connectivity index (χ1n) is 3.36. The molecule has 1 aromatic rings. The summed E-state index contributed by atoms with van der Waals surface area (Å²) in [7, 11) is 1.60. The van der Waals surface area contributed by atoms with Gasteiger partial charge in [-0.1, -0.05) is 0 Å². The van der Waals surface area contributed by atoms with Crippen molar-refractivity contribution in [2.24, 2.45) is 5.73 Å². The number of nitrogens with two attached hydrogens (primary N) is 1. The van der Waals surface area contributed by atoms with Gasteiger partial charge in [-0.3, -0.25) is 0 Å². The van der Waals surface area contributed by atoms with Gasteiger partial charge in [0.25, 0.3) is 0 Å². The molecule has 0 radical (unpaired) electrons. The molecule has 2 N–H and O–H groups in total. The molecule has 1 atom stereocenters. The second-order valence-corrected chi connectivity index (χ2v) is 2.17. The van der Waals surface area contributed by atoms with Gasteiger partial charge in [0.05, 0.1) is 12.6 Å². The summed E-state index contributed by atoms with van der Waals surface area (Å²) in [5.41, 5.74) is 5.66. The molecule has 6 heteroatoms. The normalized spacial score (nSPS) is 10.9. The lowest BCUT2D eigenvalue weighted by molar-refractivity contribution is 0.178. The van der Waals surface area contributed by atoms with E-state index in [1.807, 2.05) is 0 Å². The van der Waals surface area contributed by atoms with E-state index in [0.29, 0.717) is 12.4 Å². The average molecular weight is 226 g/mol. The summed E-state index contributed by atoms with van der Waals surface area (Å²) in [6.45, 7) is 0.448. The standard InChI is InChI=1S/C7H11N3O.2ClH/c1-11-5-6(8)7-9-3-2-4-10-7;;/h2-4,6H,5,8H2,1H3;2*1H. The summed E-state index contributed by atoms with van der Waals surface area (Å²) in [6.07, 6.45) is 3.33. The summed E-state index contributed by atoms with van der Waals surface area (Å²) >= 11 is 0. The first-order chi connectivity index (χ1) is 5.34. The van der Waals surface area contributed by atoms with Crippen LogP contribution in [-0.2, 0) is 4.74 Å². The van der Waals surface area contributed by atoms with E-state index in [1.54, 1.807) is 25.6 Å². The number of ether oxygens (including phenoxy) is 1. The van der Waals surface area contributed by atoms with Gasteiger partial charge in [0, 0.05) is 19.5 Å². The highest BCUT2D eigenvalue weighted by atomic mass is 35.5. The highest BCUT2D eigenvalue weighted by molar-refractivity contribution is 5.85. The van der Waals surface area contributed by atoms with Crippen LogP contribution in [0, 0.1) is 0 Å². The molecule has 76 valence electrons. The van der Waals surface area contributed by atoms with Crippen LogP contribution in [0.1, 0.15) is 11.9 Å².